The van der Waals surface area contributed by atoms with Gasteiger partial charge in [0.15, 0.2) is 0 Å². The summed E-state index contributed by atoms with van der Waals surface area (Å²) < 4.78 is 13.8. The maximum Gasteiger partial charge on any atom is 0.131 e. The number of nitrogens with zero attached hydrogens (tertiary/aromatic N) is 1. The molecule has 3 rings (SSSR count). The molecule has 1 unspecified atom stereocenters. The third kappa shape index (κ3) is 2.52. The summed E-state index contributed by atoms with van der Waals surface area (Å²) in [4.78, 5) is 3.99. The highest BCUT2D eigenvalue weighted by atomic mass is 35.5. The van der Waals surface area contributed by atoms with Crippen LogP contribution < -0.4 is 0 Å². The van der Waals surface area contributed by atoms with Gasteiger partial charge in [0, 0.05) is 17.8 Å². The number of pyridine rings is 1. The lowest BCUT2D eigenvalue weighted by atomic mass is 9.98. The molecule has 1 atom stereocenters. The molecule has 3 heteroatoms. The lowest BCUT2D eigenvalue weighted by molar-refractivity contribution is 0.639. The monoisotopic (exact) mass is 285 g/mol. The predicted octanol–water partition coefficient (Wildman–Crippen LogP) is 4.90. The largest absolute Gasteiger partial charge is 0.265 e. The fraction of sp³-hybridized carbons (Fsp3) is 0.118. The Kier molecular flexibility index (Phi) is 3.66. The molecule has 0 aliphatic heterocycles. The van der Waals surface area contributed by atoms with Crippen LogP contribution in [0, 0.1) is 5.82 Å². The minimum absolute atomic E-state index is 0.192. The Morgan fingerprint density at radius 2 is 1.65 bits per heavy atom. The number of rotatable bonds is 3. The molecule has 20 heavy (non-hydrogen) atoms. The van der Waals surface area contributed by atoms with Crippen LogP contribution in [0.3, 0.4) is 0 Å². The summed E-state index contributed by atoms with van der Waals surface area (Å²) in [6, 6.07) is 14.6. The molecule has 0 bridgehead atoms. The van der Waals surface area contributed by atoms with E-state index in [1.165, 1.54) is 6.07 Å². The Balaban J connectivity index is 2.00. The SMILES string of the molecule is Fc1ccc(C(Cl)Cc2ccncc2)c2ccccc12. The molecular weight excluding hydrogens is 273 g/mol. The van der Waals surface area contributed by atoms with Crippen molar-refractivity contribution in [2.24, 2.45) is 0 Å². The summed E-state index contributed by atoms with van der Waals surface area (Å²) in [5, 5.41) is 1.30. The zero-order chi connectivity index (χ0) is 13.9. The van der Waals surface area contributed by atoms with Gasteiger partial charge in [-0.15, -0.1) is 11.6 Å². The number of hydrogen-bond donors (Lipinski definition) is 0. The molecule has 2 aromatic carbocycles. The second kappa shape index (κ2) is 5.59. The Bertz CT molecular complexity index is 727. The third-order valence-corrected chi connectivity index (χ3v) is 3.80. The zero-order valence-corrected chi connectivity index (χ0v) is 11.5. The van der Waals surface area contributed by atoms with Crippen LogP contribution >= 0.6 is 11.6 Å². The molecule has 0 amide bonds. The van der Waals surface area contributed by atoms with E-state index in [1.54, 1.807) is 24.5 Å². The maximum atomic E-state index is 13.8. The van der Waals surface area contributed by atoms with Crippen molar-refractivity contribution in [2.45, 2.75) is 11.8 Å². The van der Waals surface area contributed by atoms with Crippen LogP contribution in [0.5, 0.6) is 0 Å². The van der Waals surface area contributed by atoms with Crippen molar-refractivity contribution in [1.29, 1.82) is 0 Å². The number of fused-ring (bicyclic) bond motifs is 1. The van der Waals surface area contributed by atoms with Gasteiger partial charge in [0.05, 0.1) is 5.38 Å². The van der Waals surface area contributed by atoms with Crippen molar-refractivity contribution >= 4 is 22.4 Å². The van der Waals surface area contributed by atoms with E-state index in [9.17, 15) is 4.39 Å². The number of halogens is 2. The predicted molar refractivity (Wildman–Crippen MR) is 80.4 cm³/mol. The summed E-state index contributed by atoms with van der Waals surface area (Å²) in [5.74, 6) is -0.211. The average molecular weight is 286 g/mol. The van der Waals surface area contributed by atoms with Gasteiger partial charge >= 0.3 is 0 Å². The second-order valence-corrected chi connectivity index (χ2v) is 5.24. The Morgan fingerprint density at radius 3 is 2.40 bits per heavy atom. The van der Waals surface area contributed by atoms with Gasteiger partial charge in [-0.1, -0.05) is 30.3 Å². The topological polar surface area (TPSA) is 12.9 Å². The van der Waals surface area contributed by atoms with Crippen molar-refractivity contribution in [3.8, 4) is 0 Å². The minimum atomic E-state index is -0.211. The first-order chi connectivity index (χ1) is 9.75. The van der Waals surface area contributed by atoms with E-state index in [0.717, 1.165) is 16.5 Å². The number of aromatic nitrogens is 1. The molecule has 0 fully saturated rings. The fourth-order valence-corrected chi connectivity index (χ4v) is 2.76. The first kappa shape index (κ1) is 13.1. The fourth-order valence-electron chi connectivity index (χ4n) is 2.39. The average Bonchev–Trinajstić information content (AvgIpc) is 2.49. The molecule has 100 valence electrons. The van der Waals surface area contributed by atoms with Gasteiger partial charge in [0.25, 0.3) is 0 Å². The van der Waals surface area contributed by atoms with Gasteiger partial charge in [0.2, 0.25) is 0 Å². The smallest absolute Gasteiger partial charge is 0.131 e. The van der Waals surface area contributed by atoms with E-state index in [1.807, 2.05) is 30.3 Å². The van der Waals surface area contributed by atoms with E-state index < -0.39 is 0 Å². The van der Waals surface area contributed by atoms with Crippen molar-refractivity contribution in [3.63, 3.8) is 0 Å². The highest BCUT2D eigenvalue weighted by Crippen LogP contribution is 2.32. The van der Waals surface area contributed by atoms with Gasteiger partial charge in [0.1, 0.15) is 5.82 Å². The highest BCUT2D eigenvalue weighted by molar-refractivity contribution is 6.22. The first-order valence-corrected chi connectivity index (χ1v) is 6.89. The highest BCUT2D eigenvalue weighted by Gasteiger charge is 2.14. The van der Waals surface area contributed by atoms with E-state index in [4.69, 9.17) is 11.6 Å². The lowest BCUT2D eigenvalue weighted by Gasteiger charge is -2.13. The summed E-state index contributed by atoms with van der Waals surface area (Å²) in [7, 11) is 0. The Labute approximate surface area is 122 Å². The Morgan fingerprint density at radius 1 is 0.950 bits per heavy atom. The molecule has 0 saturated carbocycles. The molecule has 0 aliphatic carbocycles. The normalized spacial score (nSPS) is 12.5. The Hall–Kier alpha value is -1.93. The molecule has 0 spiro atoms. The lowest BCUT2D eigenvalue weighted by Crippen LogP contribution is -1.98. The van der Waals surface area contributed by atoms with Crippen molar-refractivity contribution < 1.29 is 4.39 Å². The van der Waals surface area contributed by atoms with Crippen molar-refractivity contribution in [2.75, 3.05) is 0 Å². The summed E-state index contributed by atoms with van der Waals surface area (Å²) in [6.45, 7) is 0. The quantitative estimate of drug-likeness (QED) is 0.624. The maximum absolute atomic E-state index is 13.8. The van der Waals surface area contributed by atoms with E-state index in [2.05, 4.69) is 4.98 Å². The summed E-state index contributed by atoms with van der Waals surface area (Å²) in [6.07, 6.45) is 4.20. The molecular formula is C17H13ClFN. The van der Waals surface area contributed by atoms with E-state index in [-0.39, 0.29) is 11.2 Å². The van der Waals surface area contributed by atoms with Gasteiger partial charge in [-0.25, -0.2) is 4.39 Å². The molecule has 0 radical (unpaired) electrons. The number of alkyl halides is 1. The van der Waals surface area contributed by atoms with Crippen LogP contribution in [0.2, 0.25) is 0 Å². The van der Waals surface area contributed by atoms with E-state index >= 15 is 0 Å². The summed E-state index contributed by atoms with van der Waals surface area (Å²) in [5.41, 5.74) is 2.08. The van der Waals surface area contributed by atoms with Gasteiger partial charge in [-0.05, 0) is 41.1 Å². The van der Waals surface area contributed by atoms with Crippen LogP contribution in [-0.4, -0.2) is 4.98 Å². The van der Waals surface area contributed by atoms with Crippen LogP contribution in [-0.2, 0) is 6.42 Å². The second-order valence-electron chi connectivity index (χ2n) is 4.71. The van der Waals surface area contributed by atoms with Crippen LogP contribution in [0.1, 0.15) is 16.5 Å². The molecule has 1 heterocycles. The standard InChI is InChI=1S/C17H13ClFN/c18-16(11-12-7-9-20-10-8-12)14-5-6-17(19)15-4-2-1-3-13(14)15/h1-10,16H,11H2. The van der Waals surface area contributed by atoms with Crippen molar-refractivity contribution in [3.05, 3.63) is 77.9 Å². The molecule has 1 aromatic heterocycles. The zero-order valence-electron chi connectivity index (χ0n) is 10.8. The van der Waals surface area contributed by atoms with Crippen molar-refractivity contribution in [1.82, 2.24) is 4.98 Å². The van der Waals surface area contributed by atoms with Crippen LogP contribution in [0.4, 0.5) is 4.39 Å². The van der Waals surface area contributed by atoms with Gasteiger partial charge < -0.3 is 0 Å². The summed E-state index contributed by atoms with van der Waals surface area (Å²) >= 11 is 6.53. The van der Waals surface area contributed by atoms with Crippen LogP contribution in [0.25, 0.3) is 10.8 Å². The number of benzene rings is 2. The third-order valence-electron chi connectivity index (χ3n) is 3.41. The first-order valence-electron chi connectivity index (χ1n) is 6.46. The van der Waals surface area contributed by atoms with Crippen LogP contribution in [0.15, 0.2) is 60.9 Å². The van der Waals surface area contributed by atoms with E-state index in [0.29, 0.717) is 11.8 Å². The molecule has 1 nitrogen and oxygen atoms in total. The van der Waals surface area contributed by atoms with Gasteiger partial charge in [-0.3, -0.25) is 4.98 Å². The molecule has 0 aliphatic rings. The van der Waals surface area contributed by atoms with Gasteiger partial charge in [-0.2, -0.15) is 0 Å². The molecule has 0 saturated heterocycles. The number of hydrogen-bond acceptors (Lipinski definition) is 1. The minimum Gasteiger partial charge on any atom is -0.265 e. The molecule has 3 aromatic rings. The molecule has 0 N–H and O–H groups in total.